The van der Waals surface area contributed by atoms with Gasteiger partial charge in [0.15, 0.2) is 14.6 Å². The number of carbonyl (C=O) groups excluding carboxylic acids is 1. The van der Waals surface area contributed by atoms with Gasteiger partial charge in [0.1, 0.15) is 0 Å². The van der Waals surface area contributed by atoms with Gasteiger partial charge in [-0.05, 0) is 35.9 Å². The van der Waals surface area contributed by atoms with Crippen molar-refractivity contribution in [3.63, 3.8) is 0 Å². The van der Waals surface area contributed by atoms with Crippen LogP contribution < -0.4 is 4.80 Å². The molecule has 0 bridgehead atoms. The zero-order chi connectivity index (χ0) is 20.3. The summed E-state index contributed by atoms with van der Waals surface area (Å²) in [7, 11) is -1.72. The number of sulfone groups is 1. The number of nitrogens with zero attached hydrogens (tertiary/aromatic N) is 2. The molecule has 0 spiro atoms. The molecule has 0 saturated carbocycles. The minimum Gasteiger partial charge on any atom is -0.383 e. The summed E-state index contributed by atoms with van der Waals surface area (Å²) < 4.78 is 31.4. The highest BCUT2D eigenvalue weighted by Gasteiger charge is 2.13. The Kier molecular flexibility index (Phi) is 6.34. The van der Waals surface area contributed by atoms with Gasteiger partial charge < -0.3 is 9.30 Å². The molecule has 0 saturated heterocycles. The van der Waals surface area contributed by atoms with Gasteiger partial charge in [-0.1, -0.05) is 35.1 Å². The van der Waals surface area contributed by atoms with E-state index in [1.54, 1.807) is 49.6 Å². The van der Waals surface area contributed by atoms with Crippen LogP contribution in [0.4, 0.5) is 0 Å². The Morgan fingerprint density at radius 3 is 2.57 bits per heavy atom. The molecule has 0 aliphatic heterocycles. The van der Waals surface area contributed by atoms with Gasteiger partial charge in [-0.3, -0.25) is 4.79 Å². The van der Waals surface area contributed by atoms with E-state index in [0.717, 1.165) is 15.8 Å². The van der Waals surface area contributed by atoms with E-state index in [1.165, 1.54) is 17.6 Å². The molecule has 0 fully saturated rings. The monoisotopic (exact) mass is 438 g/mol. The van der Waals surface area contributed by atoms with Gasteiger partial charge in [-0.25, -0.2) is 8.42 Å². The van der Waals surface area contributed by atoms with E-state index < -0.39 is 9.84 Å². The fourth-order valence-corrected chi connectivity index (χ4v) is 4.65. The highest BCUT2D eigenvalue weighted by molar-refractivity contribution is 7.90. The summed E-state index contributed by atoms with van der Waals surface area (Å²) in [5, 5.41) is 0.608. The molecule has 0 aliphatic rings. The average molecular weight is 439 g/mol. The van der Waals surface area contributed by atoms with Crippen LogP contribution in [0.15, 0.2) is 52.4 Å². The van der Waals surface area contributed by atoms with E-state index in [4.69, 9.17) is 16.3 Å². The summed E-state index contributed by atoms with van der Waals surface area (Å²) >= 11 is 7.15. The maximum absolute atomic E-state index is 12.5. The third-order valence-corrected chi connectivity index (χ3v) is 6.49. The number of benzene rings is 2. The molecule has 1 aromatic heterocycles. The lowest BCUT2D eigenvalue weighted by Crippen LogP contribution is -2.19. The average Bonchev–Trinajstić information content (AvgIpc) is 2.97. The number of amides is 1. The number of hydrogen-bond acceptors (Lipinski definition) is 5. The first-order valence-electron chi connectivity index (χ1n) is 8.42. The molecular weight excluding hydrogens is 420 g/mol. The highest BCUT2D eigenvalue weighted by Crippen LogP contribution is 2.22. The second-order valence-electron chi connectivity index (χ2n) is 6.24. The molecule has 148 valence electrons. The van der Waals surface area contributed by atoms with Crippen molar-refractivity contribution in [3.05, 3.63) is 57.9 Å². The molecule has 3 rings (SSSR count). The number of fused-ring (bicyclic) bond motifs is 1. The lowest BCUT2D eigenvalue weighted by atomic mass is 10.1. The van der Waals surface area contributed by atoms with E-state index >= 15 is 0 Å². The normalized spacial score (nSPS) is 12.6. The summed E-state index contributed by atoms with van der Waals surface area (Å²) in [6, 6.07) is 12.0. The summed E-state index contributed by atoms with van der Waals surface area (Å²) in [4.78, 5) is 17.5. The molecule has 9 heteroatoms. The van der Waals surface area contributed by atoms with Crippen molar-refractivity contribution in [3.8, 4) is 0 Å². The second-order valence-corrected chi connectivity index (χ2v) is 9.70. The summed E-state index contributed by atoms with van der Waals surface area (Å²) in [6.07, 6.45) is 1.33. The van der Waals surface area contributed by atoms with E-state index in [1.807, 2.05) is 4.57 Å². The molecule has 0 aliphatic carbocycles. The molecule has 2 aromatic carbocycles. The minimum atomic E-state index is -3.32. The number of aromatic nitrogens is 1. The van der Waals surface area contributed by atoms with E-state index in [2.05, 4.69) is 4.99 Å². The smallest absolute Gasteiger partial charge is 0.252 e. The van der Waals surface area contributed by atoms with Crippen molar-refractivity contribution in [2.24, 2.45) is 4.99 Å². The lowest BCUT2D eigenvalue weighted by Gasteiger charge is -2.05. The third kappa shape index (κ3) is 4.88. The Balaban J connectivity index is 2.02. The van der Waals surface area contributed by atoms with Crippen molar-refractivity contribution in [1.82, 2.24) is 4.57 Å². The number of hydrogen-bond donors (Lipinski definition) is 0. The standard InChI is InChI=1S/C19H19ClN2O4S2/c1-26-10-9-22-16-8-7-15(28(2,24)25)12-17(16)27-19(22)21-18(23)11-13-3-5-14(20)6-4-13/h3-8,12H,9-11H2,1-2H3. The van der Waals surface area contributed by atoms with Crippen LogP contribution in [0.2, 0.25) is 5.02 Å². The fraction of sp³-hybridized carbons (Fsp3) is 0.263. The SMILES string of the molecule is COCCn1c(=NC(=O)Cc2ccc(Cl)cc2)sc2cc(S(C)(=O)=O)ccc21. The van der Waals surface area contributed by atoms with Crippen molar-refractivity contribution < 1.29 is 17.9 Å². The van der Waals surface area contributed by atoms with Gasteiger partial charge in [0.25, 0.3) is 5.91 Å². The topological polar surface area (TPSA) is 77.7 Å². The Labute approximate surface area is 172 Å². The largest absolute Gasteiger partial charge is 0.383 e. The molecule has 0 atom stereocenters. The van der Waals surface area contributed by atoms with Crippen LogP contribution in [0.1, 0.15) is 5.56 Å². The molecule has 3 aromatic rings. The second kappa shape index (κ2) is 8.57. The van der Waals surface area contributed by atoms with Crippen molar-refractivity contribution in [1.29, 1.82) is 0 Å². The number of rotatable bonds is 6. The van der Waals surface area contributed by atoms with E-state index in [0.29, 0.717) is 23.0 Å². The predicted octanol–water partition coefficient (Wildman–Crippen LogP) is 3.08. The Morgan fingerprint density at radius 1 is 1.21 bits per heavy atom. The van der Waals surface area contributed by atoms with Gasteiger partial charge in [0.2, 0.25) is 0 Å². The number of halogens is 1. The Hall–Kier alpha value is -2.00. The molecule has 0 radical (unpaired) electrons. The summed E-state index contributed by atoms with van der Waals surface area (Å²) in [5.74, 6) is -0.289. The van der Waals surface area contributed by atoms with Crippen molar-refractivity contribution in [2.45, 2.75) is 17.9 Å². The third-order valence-electron chi connectivity index (χ3n) is 4.09. The van der Waals surface area contributed by atoms with Crippen molar-refractivity contribution in [2.75, 3.05) is 20.0 Å². The first-order chi connectivity index (χ1) is 13.3. The predicted molar refractivity (Wildman–Crippen MR) is 111 cm³/mol. The highest BCUT2D eigenvalue weighted by atomic mass is 35.5. The zero-order valence-electron chi connectivity index (χ0n) is 15.4. The lowest BCUT2D eigenvalue weighted by molar-refractivity contribution is -0.117. The van der Waals surface area contributed by atoms with E-state index in [-0.39, 0.29) is 17.2 Å². The van der Waals surface area contributed by atoms with Crippen LogP contribution in [0.3, 0.4) is 0 Å². The number of thiazole rings is 1. The van der Waals surface area contributed by atoms with Gasteiger partial charge >= 0.3 is 0 Å². The van der Waals surface area contributed by atoms with E-state index in [9.17, 15) is 13.2 Å². The Morgan fingerprint density at radius 2 is 1.93 bits per heavy atom. The van der Waals surface area contributed by atoms with Gasteiger partial charge in [0.05, 0.1) is 28.1 Å². The van der Waals surface area contributed by atoms with Gasteiger partial charge in [0, 0.05) is 24.9 Å². The quantitative estimate of drug-likeness (QED) is 0.592. The van der Waals surface area contributed by atoms with Gasteiger partial charge in [-0.15, -0.1) is 0 Å². The van der Waals surface area contributed by atoms with Crippen LogP contribution >= 0.6 is 22.9 Å². The fourth-order valence-electron chi connectivity index (χ4n) is 2.69. The maximum atomic E-state index is 12.5. The molecule has 6 nitrogen and oxygen atoms in total. The van der Waals surface area contributed by atoms with Gasteiger partial charge in [-0.2, -0.15) is 4.99 Å². The zero-order valence-corrected chi connectivity index (χ0v) is 17.8. The van der Waals surface area contributed by atoms with Crippen LogP contribution in [0.5, 0.6) is 0 Å². The first kappa shape index (κ1) is 20.7. The number of carbonyl (C=O) groups is 1. The minimum absolute atomic E-state index is 0.157. The molecule has 1 amide bonds. The van der Waals surface area contributed by atoms with Crippen LogP contribution in [0.25, 0.3) is 10.2 Å². The first-order valence-corrected chi connectivity index (χ1v) is 11.5. The van der Waals surface area contributed by atoms with Crippen LogP contribution in [-0.4, -0.2) is 38.9 Å². The van der Waals surface area contributed by atoms with Crippen LogP contribution in [0, 0.1) is 0 Å². The molecule has 0 unspecified atom stereocenters. The van der Waals surface area contributed by atoms with Crippen LogP contribution in [-0.2, 0) is 32.3 Å². The van der Waals surface area contributed by atoms with Crippen molar-refractivity contribution >= 4 is 48.9 Å². The summed E-state index contributed by atoms with van der Waals surface area (Å²) in [6.45, 7) is 0.944. The summed E-state index contributed by atoms with van der Waals surface area (Å²) in [5.41, 5.74) is 1.63. The Bertz CT molecular complexity index is 1180. The maximum Gasteiger partial charge on any atom is 0.252 e. The molecule has 28 heavy (non-hydrogen) atoms. The molecule has 1 heterocycles. The number of ether oxygens (including phenoxy) is 1. The molecular formula is C19H19ClN2O4S2. The molecule has 0 N–H and O–H groups in total. The number of methoxy groups -OCH3 is 1.